The van der Waals surface area contributed by atoms with Gasteiger partial charge in [0.25, 0.3) is 5.91 Å². The predicted octanol–water partition coefficient (Wildman–Crippen LogP) is 1.67. The summed E-state index contributed by atoms with van der Waals surface area (Å²) >= 11 is 0. The van der Waals surface area contributed by atoms with Crippen LogP contribution in [0.3, 0.4) is 0 Å². The van der Waals surface area contributed by atoms with Gasteiger partial charge in [-0.3, -0.25) is 14.5 Å². The standard InChI is InChI=1S/C16H15N3O3/c1-18-10-15(21)19(16(18)22)9-14(20)17-13-7-6-11-4-2-3-5-12(11)8-13/h2-8H,9-10H2,1H3,(H,17,20). The van der Waals surface area contributed by atoms with Crippen molar-refractivity contribution in [1.82, 2.24) is 9.80 Å². The van der Waals surface area contributed by atoms with E-state index < -0.39 is 11.9 Å². The zero-order valence-corrected chi connectivity index (χ0v) is 12.1. The third-order valence-electron chi connectivity index (χ3n) is 3.57. The number of carbonyl (C=O) groups excluding carboxylic acids is 3. The normalized spacial score (nSPS) is 14.8. The van der Waals surface area contributed by atoms with Crippen molar-refractivity contribution < 1.29 is 14.4 Å². The minimum absolute atomic E-state index is 0.0160. The number of hydrogen-bond acceptors (Lipinski definition) is 3. The Labute approximate surface area is 127 Å². The Morgan fingerprint density at radius 1 is 1.14 bits per heavy atom. The van der Waals surface area contributed by atoms with Gasteiger partial charge >= 0.3 is 6.03 Å². The Hall–Kier alpha value is -2.89. The molecular weight excluding hydrogens is 282 g/mol. The Morgan fingerprint density at radius 3 is 2.55 bits per heavy atom. The lowest BCUT2D eigenvalue weighted by Gasteiger charge is -2.14. The highest BCUT2D eigenvalue weighted by molar-refractivity contribution is 6.06. The van der Waals surface area contributed by atoms with Gasteiger partial charge in [-0.2, -0.15) is 0 Å². The fourth-order valence-corrected chi connectivity index (χ4v) is 2.44. The van der Waals surface area contributed by atoms with Gasteiger partial charge in [0, 0.05) is 12.7 Å². The first-order valence-corrected chi connectivity index (χ1v) is 6.89. The quantitative estimate of drug-likeness (QED) is 0.876. The zero-order chi connectivity index (χ0) is 15.7. The van der Waals surface area contributed by atoms with Crippen LogP contribution in [-0.2, 0) is 9.59 Å². The van der Waals surface area contributed by atoms with Crippen molar-refractivity contribution >= 4 is 34.3 Å². The topological polar surface area (TPSA) is 69.7 Å². The van der Waals surface area contributed by atoms with Gasteiger partial charge in [0.1, 0.15) is 13.1 Å². The summed E-state index contributed by atoms with van der Waals surface area (Å²) < 4.78 is 0. The second kappa shape index (κ2) is 5.48. The van der Waals surface area contributed by atoms with E-state index in [2.05, 4.69) is 5.32 Å². The summed E-state index contributed by atoms with van der Waals surface area (Å²) in [5, 5.41) is 4.80. The molecule has 6 nitrogen and oxygen atoms in total. The maximum absolute atomic E-state index is 12.0. The van der Waals surface area contributed by atoms with Crippen molar-refractivity contribution in [3.8, 4) is 0 Å². The van der Waals surface area contributed by atoms with Crippen LogP contribution in [-0.4, -0.2) is 47.8 Å². The summed E-state index contributed by atoms with van der Waals surface area (Å²) in [6.07, 6.45) is 0. The summed E-state index contributed by atoms with van der Waals surface area (Å²) in [4.78, 5) is 37.6. The molecule has 112 valence electrons. The van der Waals surface area contributed by atoms with Crippen LogP contribution in [0.5, 0.6) is 0 Å². The maximum Gasteiger partial charge on any atom is 0.327 e. The van der Waals surface area contributed by atoms with E-state index in [4.69, 9.17) is 0 Å². The van der Waals surface area contributed by atoms with E-state index in [1.807, 2.05) is 36.4 Å². The van der Waals surface area contributed by atoms with Crippen molar-refractivity contribution in [3.63, 3.8) is 0 Å². The fraction of sp³-hybridized carbons (Fsp3) is 0.188. The van der Waals surface area contributed by atoms with Crippen molar-refractivity contribution in [3.05, 3.63) is 42.5 Å². The molecule has 0 aliphatic carbocycles. The molecule has 0 bridgehead atoms. The van der Waals surface area contributed by atoms with Crippen molar-refractivity contribution in [1.29, 1.82) is 0 Å². The highest BCUT2D eigenvalue weighted by atomic mass is 16.2. The largest absolute Gasteiger partial charge is 0.327 e. The summed E-state index contributed by atoms with van der Waals surface area (Å²) in [6.45, 7) is -0.253. The highest BCUT2D eigenvalue weighted by Crippen LogP contribution is 2.19. The molecule has 1 aliphatic heterocycles. The molecule has 0 spiro atoms. The zero-order valence-electron chi connectivity index (χ0n) is 12.1. The first-order chi connectivity index (χ1) is 10.5. The number of nitrogens with zero attached hydrogens (tertiary/aromatic N) is 2. The second-order valence-corrected chi connectivity index (χ2v) is 5.23. The molecule has 0 unspecified atom stereocenters. The average molecular weight is 297 g/mol. The Bertz CT molecular complexity index is 772. The molecule has 2 aromatic rings. The molecule has 4 amide bonds. The first kappa shape index (κ1) is 14.1. The molecule has 1 saturated heterocycles. The molecule has 1 N–H and O–H groups in total. The maximum atomic E-state index is 12.0. The number of anilines is 1. The number of hydrogen-bond donors (Lipinski definition) is 1. The predicted molar refractivity (Wildman–Crippen MR) is 82.3 cm³/mol. The van der Waals surface area contributed by atoms with Crippen LogP contribution >= 0.6 is 0 Å². The van der Waals surface area contributed by atoms with E-state index in [9.17, 15) is 14.4 Å². The number of amides is 4. The van der Waals surface area contributed by atoms with Gasteiger partial charge in [-0.15, -0.1) is 0 Å². The molecule has 1 aliphatic rings. The number of fused-ring (bicyclic) bond motifs is 1. The molecule has 1 heterocycles. The number of likely N-dealkylation sites (N-methyl/N-ethyl adjacent to an activating group) is 1. The van der Waals surface area contributed by atoms with Gasteiger partial charge in [0.15, 0.2) is 0 Å². The Kier molecular flexibility index (Phi) is 3.50. The van der Waals surface area contributed by atoms with Gasteiger partial charge in [0.2, 0.25) is 5.91 Å². The monoisotopic (exact) mass is 297 g/mol. The average Bonchev–Trinajstić information content (AvgIpc) is 2.73. The Morgan fingerprint density at radius 2 is 1.86 bits per heavy atom. The van der Waals surface area contributed by atoms with E-state index in [1.54, 1.807) is 6.07 Å². The number of urea groups is 1. The molecule has 0 saturated carbocycles. The van der Waals surface area contributed by atoms with Crippen molar-refractivity contribution in [2.24, 2.45) is 0 Å². The lowest BCUT2D eigenvalue weighted by Crippen LogP contribution is -2.38. The van der Waals surface area contributed by atoms with Crippen LogP contribution < -0.4 is 5.32 Å². The molecule has 0 atom stereocenters. The number of benzene rings is 2. The molecular formula is C16H15N3O3. The van der Waals surface area contributed by atoms with Crippen LogP contribution in [0.25, 0.3) is 10.8 Å². The summed E-state index contributed by atoms with van der Waals surface area (Å²) in [5.74, 6) is -0.756. The van der Waals surface area contributed by atoms with Gasteiger partial charge < -0.3 is 10.2 Å². The van der Waals surface area contributed by atoms with Crippen molar-refractivity contribution in [2.75, 3.05) is 25.5 Å². The molecule has 3 rings (SSSR count). The molecule has 6 heteroatoms. The third kappa shape index (κ3) is 2.63. The molecule has 22 heavy (non-hydrogen) atoms. The smallest absolute Gasteiger partial charge is 0.325 e. The van der Waals surface area contributed by atoms with Crippen molar-refractivity contribution in [2.45, 2.75) is 0 Å². The van der Waals surface area contributed by atoms with E-state index in [0.717, 1.165) is 15.7 Å². The van der Waals surface area contributed by atoms with E-state index in [-0.39, 0.29) is 19.0 Å². The number of imide groups is 1. The number of carbonyl (C=O) groups is 3. The lowest BCUT2D eigenvalue weighted by atomic mass is 10.1. The van der Waals surface area contributed by atoms with Gasteiger partial charge in [-0.25, -0.2) is 4.79 Å². The van der Waals surface area contributed by atoms with Gasteiger partial charge in [0.05, 0.1) is 0 Å². The summed E-state index contributed by atoms with van der Waals surface area (Å²) in [7, 11) is 1.53. The summed E-state index contributed by atoms with van der Waals surface area (Å²) in [5.41, 5.74) is 0.635. The molecule has 1 fully saturated rings. The van der Waals surface area contributed by atoms with E-state index >= 15 is 0 Å². The fourth-order valence-electron chi connectivity index (χ4n) is 2.44. The van der Waals surface area contributed by atoms with Crippen LogP contribution in [0.4, 0.5) is 10.5 Å². The van der Waals surface area contributed by atoms with Gasteiger partial charge in [-0.1, -0.05) is 30.3 Å². The van der Waals surface area contributed by atoms with E-state index in [1.165, 1.54) is 11.9 Å². The lowest BCUT2D eigenvalue weighted by molar-refractivity contribution is -0.129. The molecule has 0 radical (unpaired) electrons. The van der Waals surface area contributed by atoms with Crippen LogP contribution in [0.2, 0.25) is 0 Å². The number of rotatable bonds is 3. The third-order valence-corrected chi connectivity index (χ3v) is 3.57. The minimum Gasteiger partial charge on any atom is -0.325 e. The number of nitrogens with one attached hydrogen (secondary N) is 1. The summed E-state index contributed by atoms with van der Waals surface area (Å²) in [6, 6.07) is 12.9. The SMILES string of the molecule is CN1CC(=O)N(CC(=O)Nc2ccc3ccccc3c2)C1=O. The minimum atomic E-state index is -0.446. The first-order valence-electron chi connectivity index (χ1n) is 6.89. The van der Waals surface area contributed by atoms with Gasteiger partial charge in [-0.05, 0) is 22.9 Å². The Balaban J connectivity index is 1.70. The van der Waals surface area contributed by atoms with Crippen LogP contribution in [0.1, 0.15) is 0 Å². The van der Waals surface area contributed by atoms with Crippen LogP contribution in [0.15, 0.2) is 42.5 Å². The molecule has 0 aromatic heterocycles. The second-order valence-electron chi connectivity index (χ2n) is 5.23. The van der Waals surface area contributed by atoms with Crippen LogP contribution in [0, 0.1) is 0 Å². The van der Waals surface area contributed by atoms with E-state index in [0.29, 0.717) is 5.69 Å². The highest BCUT2D eigenvalue weighted by Gasteiger charge is 2.34. The molecule has 2 aromatic carbocycles.